The second-order valence-corrected chi connectivity index (χ2v) is 10.9. The second kappa shape index (κ2) is 14.0. The predicted molar refractivity (Wildman–Crippen MR) is 163 cm³/mol. The van der Waals surface area contributed by atoms with Crippen LogP contribution in [0.5, 0.6) is 23.0 Å². The Morgan fingerprint density at radius 1 is 0.957 bits per heavy atom. The number of anilines is 1. The Bertz CT molecular complexity index is 1740. The number of hydrogen-bond acceptors (Lipinski definition) is 7. The van der Waals surface area contributed by atoms with Gasteiger partial charge in [0.1, 0.15) is 5.75 Å². The van der Waals surface area contributed by atoms with Crippen LogP contribution in [0.3, 0.4) is 0 Å². The van der Waals surface area contributed by atoms with E-state index < -0.39 is 29.4 Å². The van der Waals surface area contributed by atoms with Crippen LogP contribution < -0.4 is 30.2 Å². The molecular formula is C33H32F4N4O5. The lowest BCUT2D eigenvalue weighted by Crippen LogP contribution is -2.35. The van der Waals surface area contributed by atoms with Crippen LogP contribution in [-0.4, -0.2) is 43.6 Å². The molecule has 242 valence electrons. The number of aromatic nitrogens is 1. The Morgan fingerprint density at radius 3 is 2.46 bits per heavy atom. The molecule has 0 atom stereocenters. The number of rotatable bonds is 9. The van der Waals surface area contributed by atoms with Crippen LogP contribution in [0.2, 0.25) is 0 Å². The molecule has 0 saturated carbocycles. The number of nitrogens with zero attached hydrogens (tertiary/aromatic N) is 1. The molecule has 4 aromatic rings. The average Bonchev–Trinajstić information content (AvgIpc) is 3.03. The van der Waals surface area contributed by atoms with Gasteiger partial charge in [0.25, 0.3) is 0 Å². The fraction of sp³-hybridized carbons (Fsp3) is 0.303. The monoisotopic (exact) mass is 640 g/mol. The fourth-order valence-corrected chi connectivity index (χ4v) is 5.10. The summed E-state index contributed by atoms with van der Waals surface area (Å²) in [5.74, 6) is -1.46. The molecule has 1 aromatic heterocycles. The fourth-order valence-electron chi connectivity index (χ4n) is 5.10. The van der Waals surface area contributed by atoms with Crippen LogP contribution >= 0.6 is 0 Å². The molecule has 1 aliphatic heterocycles. The van der Waals surface area contributed by atoms with Gasteiger partial charge in [0.2, 0.25) is 0 Å². The largest absolute Gasteiger partial charge is 0.493 e. The van der Waals surface area contributed by atoms with Gasteiger partial charge in [0.05, 0.1) is 24.8 Å². The molecule has 1 aliphatic rings. The minimum Gasteiger partial charge on any atom is -0.493 e. The number of pyridine rings is 1. The molecule has 2 heterocycles. The highest BCUT2D eigenvalue weighted by Gasteiger charge is 2.31. The lowest BCUT2D eigenvalue weighted by atomic mass is 9.99. The summed E-state index contributed by atoms with van der Waals surface area (Å²) in [7, 11) is 1.52. The third-order valence-corrected chi connectivity index (χ3v) is 7.45. The maximum Gasteiger partial charge on any atom is 0.416 e. The van der Waals surface area contributed by atoms with Crippen molar-refractivity contribution in [3.63, 3.8) is 0 Å². The van der Waals surface area contributed by atoms with Crippen molar-refractivity contribution in [1.29, 1.82) is 0 Å². The van der Waals surface area contributed by atoms with Crippen LogP contribution in [0, 0.1) is 18.7 Å². The van der Waals surface area contributed by atoms with E-state index in [4.69, 9.17) is 14.2 Å². The van der Waals surface area contributed by atoms with Gasteiger partial charge in [0.15, 0.2) is 23.1 Å². The molecule has 3 N–H and O–H groups in total. The standard InChI is InChI=1S/C33H32F4N4O5/c1-19-11-21(13-22(12-19)33(35,36)37)17-40-31(42)32(43)41-23-3-4-28(25(34)14-23)46-27-7-10-39-26-16-30(29(44-2)15-24(26)27)45-18-20-5-8-38-9-6-20/h3-4,7,10-16,20,38H,5-6,8-9,17-18H2,1-2H3,(H,40,42)(H,41,43). The van der Waals surface area contributed by atoms with Crippen molar-refractivity contribution >= 4 is 28.4 Å². The predicted octanol–water partition coefficient (Wildman–Crippen LogP) is 6.14. The molecule has 0 unspecified atom stereocenters. The topological polar surface area (TPSA) is 111 Å². The molecule has 3 aromatic carbocycles. The molecule has 9 nitrogen and oxygen atoms in total. The van der Waals surface area contributed by atoms with Gasteiger partial charge in [-0.1, -0.05) is 11.6 Å². The first kappa shape index (κ1) is 32.5. The highest BCUT2D eigenvalue weighted by atomic mass is 19.4. The third-order valence-electron chi connectivity index (χ3n) is 7.45. The van der Waals surface area contributed by atoms with Gasteiger partial charge in [-0.05, 0) is 80.7 Å². The summed E-state index contributed by atoms with van der Waals surface area (Å²) < 4.78 is 71.8. The molecule has 2 amide bonds. The van der Waals surface area contributed by atoms with Crippen LogP contribution in [-0.2, 0) is 22.3 Å². The first-order valence-corrected chi connectivity index (χ1v) is 14.5. The summed E-state index contributed by atoms with van der Waals surface area (Å²) in [6.45, 7) is 3.64. The summed E-state index contributed by atoms with van der Waals surface area (Å²) in [5.41, 5.74) is 0.177. The van der Waals surface area contributed by atoms with Gasteiger partial charge < -0.3 is 30.2 Å². The number of benzene rings is 3. The lowest BCUT2D eigenvalue weighted by Gasteiger charge is -2.23. The van der Waals surface area contributed by atoms with E-state index in [0.29, 0.717) is 46.2 Å². The molecule has 0 bridgehead atoms. The number of ether oxygens (including phenoxy) is 3. The Kier molecular flexibility index (Phi) is 9.90. The highest BCUT2D eigenvalue weighted by Crippen LogP contribution is 2.38. The molecular weight excluding hydrogens is 608 g/mol. The van der Waals surface area contributed by atoms with E-state index in [1.54, 1.807) is 18.2 Å². The van der Waals surface area contributed by atoms with Crippen LogP contribution in [0.4, 0.5) is 23.2 Å². The third kappa shape index (κ3) is 8.02. The zero-order chi connectivity index (χ0) is 32.8. The van der Waals surface area contributed by atoms with E-state index in [0.717, 1.165) is 44.1 Å². The van der Waals surface area contributed by atoms with Crippen molar-refractivity contribution in [3.8, 4) is 23.0 Å². The van der Waals surface area contributed by atoms with Crippen LogP contribution in [0.15, 0.2) is 60.8 Å². The van der Waals surface area contributed by atoms with Crippen LogP contribution in [0.1, 0.15) is 29.5 Å². The van der Waals surface area contributed by atoms with Gasteiger partial charge in [0, 0.05) is 35.9 Å². The van der Waals surface area contributed by atoms with E-state index in [2.05, 4.69) is 20.9 Å². The van der Waals surface area contributed by atoms with Gasteiger partial charge in [-0.25, -0.2) is 4.39 Å². The maximum atomic E-state index is 15.1. The van der Waals surface area contributed by atoms with Gasteiger partial charge in [-0.3, -0.25) is 14.6 Å². The second-order valence-electron chi connectivity index (χ2n) is 10.9. The molecule has 0 aliphatic carbocycles. The van der Waals surface area contributed by atoms with Crippen molar-refractivity contribution < 1.29 is 41.4 Å². The number of piperidine rings is 1. The van der Waals surface area contributed by atoms with Crippen molar-refractivity contribution in [2.24, 2.45) is 5.92 Å². The minimum absolute atomic E-state index is 0.0308. The Morgan fingerprint density at radius 2 is 1.74 bits per heavy atom. The molecule has 1 fully saturated rings. The van der Waals surface area contributed by atoms with E-state index >= 15 is 4.39 Å². The number of amides is 2. The molecule has 46 heavy (non-hydrogen) atoms. The summed E-state index contributed by atoms with van der Waals surface area (Å²) in [4.78, 5) is 29.1. The quantitative estimate of drug-likeness (QED) is 0.149. The number of nitrogens with one attached hydrogen (secondary N) is 3. The SMILES string of the molecule is COc1cc2c(Oc3ccc(NC(=O)C(=O)NCc4cc(C)cc(C(F)(F)F)c4)cc3F)ccnc2cc1OCC1CCNCC1. The molecule has 1 saturated heterocycles. The number of halogens is 4. The number of alkyl halides is 3. The van der Waals surface area contributed by atoms with E-state index in [9.17, 15) is 22.8 Å². The highest BCUT2D eigenvalue weighted by molar-refractivity contribution is 6.39. The van der Waals surface area contributed by atoms with Crippen molar-refractivity contribution in [3.05, 3.63) is 83.3 Å². The summed E-state index contributed by atoms with van der Waals surface area (Å²) in [6.07, 6.45) is -0.983. The zero-order valence-corrected chi connectivity index (χ0v) is 25.1. The van der Waals surface area contributed by atoms with Gasteiger partial charge in [-0.2, -0.15) is 13.2 Å². The minimum atomic E-state index is -4.55. The number of carbonyl (C=O) groups excluding carboxylic acids is 2. The Hall–Kier alpha value is -4.91. The number of aryl methyl sites for hydroxylation is 1. The van der Waals surface area contributed by atoms with Crippen molar-refractivity contribution in [2.45, 2.75) is 32.5 Å². The van der Waals surface area contributed by atoms with Crippen LogP contribution in [0.25, 0.3) is 10.9 Å². The average molecular weight is 641 g/mol. The zero-order valence-electron chi connectivity index (χ0n) is 25.1. The first-order chi connectivity index (χ1) is 22.0. The summed E-state index contributed by atoms with van der Waals surface area (Å²) in [5, 5.41) is 8.43. The van der Waals surface area contributed by atoms with Crippen molar-refractivity contribution in [1.82, 2.24) is 15.6 Å². The molecule has 0 spiro atoms. The Balaban J connectivity index is 1.23. The van der Waals surface area contributed by atoms with E-state index in [-0.39, 0.29) is 23.5 Å². The lowest BCUT2D eigenvalue weighted by molar-refractivity contribution is -0.137. The number of hydrogen-bond donors (Lipinski definition) is 3. The smallest absolute Gasteiger partial charge is 0.416 e. The van der Waals surface area contributed by atoms with E-state index in [1.807, 2.05) is 0 Å². The van der Waals surface area contributed by atoms with Crippen molar-refractivity contribution in [2.75, 3.05) is 32.1 Å². The van der Waals surface area contributed by atoms with Gasteiger partial charge >= 0.3 is 18.0 Å². The number of carbonyl (C=O) groups is 2. The first-order valence-electron chi connectivity index (χ1n) is 14.5. The normalized spacial score (nSPS) is 13.7. The maximum absolute atomic E-state index is 15.1. The summed E-state index contributed by atoms with van der Waals surface area (Å²) >= 11 is 0. The summed E-state index contributed by atoms with van der Waals surface area (Å²) in [6, 6.07) is 12.0. The molecule has 13 heteroatoms. The molecule has 0 radical (unpaired) electrons. The number of fused-ring (bicyclic) bond motifs is 1. The van der Waals surface area contributed by atoms with Gasteiger partial charge in [-0.15, -0.1) is 0 Å². The number of methoxy groups -OCH3 is 1. The Labute approximate surface area is 262 Å². The molecule has 5 rings (SSSR count). The van der Waals surface area contributed by atoms with E-state index in [1.165, 1.54) is 38.4 Å².